The van der Waals surface area contributed by atoms with Crippen LogP contribution in [0.1, 0.15) is 16.7 Å². The Labute approximate surface area is 124 Å². The molecule has 5 heteroatoms. The van der Waals surface area contributed by atoms with E-state index in [9.17, 15) is 0 Å². The second-order valence-corrected chi connectivity index (χ2v) is 5.70. The number of rotatable bonds is 1. The molecule has 94 valence electrons. The Balaban J connectivity index is 2.66. The van der Waals surface area contributed by atoms with Gasteiger partial charge in [0.1, 0.15) is 10.3 Å². The summed E-state index contributed by atoms with van der Waals surface area (Å²) in [6.07, 6.45) is 0. The van der Waals surface area contributed by atoms with Crippen molar-refractivity contribution in [2.24, 2.45) is 0 Å². The number of nitrogens with zero attached hydrogens (tertiary/aromatic N) is 2. The Morgan fingerprint density at radius 2 is 1.39 bits per heavy atom. The molecule has 1 aromatic heterocycles. The van der Waals surface area contributed by atoms with Crippen molar-refractivity contribution in [2.75, 3.05) is 0 Å². The van der Waals surface area contributed by atoms with Crippen molar-refractivity contribution >= 4 is 39.1 Å². The van der Waals surface area contributed by atoms with Crippen molar-refractivity contribution in [1.82, 2.24) is 9.97 Å². The van der Waals surface area contributed by atoms with E-state index in [0.29, 0.717) is 20.6 Å². The van der Waals surface area contributed by atoms with E-state index in [-0.39, 0.29) is 0 Å². The fraction of sp³-hybridized carbons (Fsp3) is 0.231. The molecule has 0 atom stereocenters. The molecule has 0 aliphatic heterocycles. The van der Waals surface area contributed by atoms with Gasteiger partial charge in [-0.1, -0.05) is 29.3 Å². The van der Waals surface area contributed by atoms with Gasteiger partial charge in [-0.05, 0) is 59.5 Å². The van der Waals surface area contributed by atoms with Gasteiger partial charge >= 0.3 is 0 Å². The molecule has 0 bridgehead atoms. The first-order valence-corrected chi connectivity index (χ1v) is 6.92. The Morgan fingerprint density at radius 3 is 1.94 bits per heavy atom. The van der Waals surface area contributed by atoms with Gasteiger partial charge in [-0.25, -0.2) is 9.97 Å². The van der Waals surface area contributed by atoms with Crippen LogP contribution in [0.25, 0.3) is 11.4 Å². The summed E-state index contributed by atoms with van der Waals surface area (Å²) < 4.78 is 0.524. The van der Waals surface area contributed by atoms with Crippen molar-refractivity contribution in [3.05, 3.63) is 43.6 Å². The number of hydrogen-bond donors (Lipinski definition) is 0. The van der Waals surface area contributed by atoms with E-state index < -0.39 is 0 Å². The first-order chi connectivity index (χ1) is 8.40. The molecule has 0 saturated carbocycles. The van der Waals surface area contributed by atoms with E-state index in [0.717, 1.165) is 11.1 Å². The molecule has 0 fully saturated rings. The Hall–Kier alpha value is -0.640. The molecule has 2 rings (SSSR count). The van der Waals surface area contributed by atoms with Crippen LogP contribution < -0.4 is 0 Å². The molecule has 0 aliphatic rings. The minimum absolute atomic E-state index is 0.322. The maximum atomic E-state index is 6.01. The molecule has 0 N–H and O–H groups in total. The molecular formula is C13H11BrCl2N2. The summed E-state index contributed by atoms with van der Waals surface area (Å²) in [5.41, 5.74) is 4.49. The second kappa shape index (κ2) is 5.16. The summed E-state index contributed by atoms with van der Waals surface area (Å²) in [5, 5.41) is 0.644. The van der Waals surface area contributed by atoms with E-state index >= 15 is 0 Å². The van der Waals surface area contributed by atoms with Crippen LogP contribution in [-0.4, -0.2) is 9.97 Å². The Morgan fingerprint density at radius 1 is 0.889 bits per heavy atom. The van der Waals surface area contributed by atoms with Gasteiger partial charge < -0.3 is 0 Å². The average molecular weight is 346 g/mol. The Bertz CT molecular complexity index is 604. The fourth-order valence-corrected chi connectivity index (χ4v) is 2.28. The lowest BCUT2D eigenvalue weighted by Crippen LogP contribution is -1.96. The van der Waals surface area contributed by atoms with Crippen LogP contribution >= 0.6 is 39.1 Å². The standard InChI is InChI=1S/C13H11BrCl2N2/c1-6-4-8(3)9(5-7(6)2)13-17-11(15)10(14)12(16)18-13/h4-5H,1-3H3. The monoisotopic (exact) mass is 344 g/mol. The molecule has 0 spiro atoms. The van der Waals surface area contributed by atoms with Crippen LogP contribution in [0.3, 0.4) is 0 Å². The number of aryl methyl sites for hydroxylation is 3. The van der Waals surface area contributed by atoms with Gasteiger partial charge in [0, 0.05) is 5.56 Å². The summed E-state index contributed by atoms with van der Waals surface area (Å²) in [4.78, 5) is 8.52. The molecule has 18 heavy (non-hydrogen) atoms. The maximum Gasteiger partial charge on any atom is 0.162 e. The third kappa shape index (κ3) is 2.53. The maximum absolute atomic E-state index is 6.01. The molecule has 1 aromatic carbocycles. The summed E-state index contributed by atoms with van der Waals surface area (Å²) in [6, 6.07) is 4.17. The lowest BCUT2D eigenvalue weighted by Gasteiger charge is -2.10. The van der Waals surface area contributed by atoms with E-state index in [4.69, 9.17) is 23.2 Å². The summed E-state index contributed by atoms with van der Waals surface area (Å²) in [7, 11) is 0. The van der Waals surface area contributed by atoms with Crippen LogP contribution in [-0.2, 0) is 0 Å². The van der Waals surface area contributed by atoms with Gasteiger partial charge in [0.15, 0.2) is 5.82 Å². The van der Waals surface area contributed by atoms with Crippen molar-refractivity contribution in [2.45, 2.75) is 20.8 Å². The molecule has 2 aromatic rings. The highest BCUT2D eigenvalue weighted by Gasteiger charge is 2.13. The van der Waals surface area contributed by atoms with Crippen LogP contribution in [0, 0.1) is 20.8 Å². The van der Waals surface area contributed by atoms with Crippen LogP contribution in [0.5, 0.6) is 0 Å². The molecule has 0 saturated heterocycles. The van der Waals surface area contributed by atoms with Gasteiger partial charge in [-0.2, -0.15) is 0 Å². The zero-order chi connectivity index (χ0) is 13.4. The van der Waals surface area contributed by atoms with E-state index in [1.807, 2.05) is 6.92 Å². The number of aromatic nitrogens is 2. The Kier molecular flexibility index (Phi) is 3.95. The van der Waals surface area contributed by atoms with Crippen LogP contribution in [0.2, 0.25) is 10.3 Å². The SMILES string of the molecule is Cc1cc(C)c(-c2nc(Cl)c(Br)c(Cl)n2)cc1C. The topological polar surface area (TPSA) is 25.8 Å². The zero-order valence-corrected chi connectivity index (χ0v) is 13.3. The lowest BCUT2D eigenvalue weighted by atomic mass is 10.0. The predicted octanol–water partition coefficient (Wildman–Crippen LogP) is 5.14. The minimum Gasteiger partial charge on any atom is -0.215 e. The third-order valence-electron chi connectivity index (χ3n) is 2.85. The third-order valence-corrected chi connectivity index (χ3v) is 4.61. The summed E-state index contributed by atoms with van der Waals surface area (Å²) >= 11 is 15.3. The number of halogens is 3. The number of benzene rings is 1. The van der Waals surface area contributed by atoms with Gasteiger partial charge in [-0.3, -0.25) is 0 Å². The lowest BCUT2D eigenvalue weighted by molar-refractivity contribution is 1.15. The second-order valence-electron chi connectivity index (χ2n) is 4.19. The van der Waals surface area contributed by atoms with E-state index in [1.54, 1.807) is 0 Å². The minimum atomic E-state index is 0.322. The summed E-state index contributed by atoms with van der Waals surface area (Å²) in [6.45, 7) is 6.16. The highest BCUT2D eigenvalue weighted by molar-refractivity contribution is 9.10. The predicted molar refractivity (Wildman–Crippen MR) is 79.4 cm³/mol. The van der Waals surface area contributed by atoms with Crippen LogP contribution in [0.15, 0.2) is 16.6 Å². The zero-order valence-electron chi connectivity index (χ0n) is 10.2. The highest BCUT2D eigenvalue weighted by Crippen LogP contribution is 2.31. The molecular weight excluding hydrogens is 335 g/mol. The normalized spacial score (nSPS) is 10.8. The quantitative estimate of drug-likeness (QED) is 0.669. The molecule has 2 nitrogen and oxygen atoms in total. The average Bonchev–Trinajstić information content (AvgIpc) is 2.30. The highest BCUT2D eigenvalue weighted by atomic mass is 79.9. The first-order valence-electron chi connectivity index (χ1n) is 5.37. The van der Waals surface area contributed by atoms with Gasteiger partial charge in [0.2, 0.25) is 0 Å². The molecule has 0 amide bonds. The van der Waals surface area contributed by atoms with Crippen molar-refractivity contribution < 1.29 is 0 Å². The van der Waals surface area contributed by atoms with Gasteiger partial charge in [0.25, 0.3) is 0 Å². The molecule has 1 heterocycles. The largest absolute Gasteiger partial charge is 0.215 e. The smallest absolute Gasteiger partial charge is 0.162 e. The van der Waals surface area contributed by atoms with E-state index in [2.05, 4.69) is 51.9 Å². The number of hydrogen-bond acceptors (Lipinski definition) is 2. The van der Waals surface area contributed by atoms with Crippen LogP contribution in [0.4, 0.5) is 0 Å². The fourth-order valence-electron chi connectivity index (χ4n) is 1.72. The van der Waals surface area contributed by atoms with Crippen molar-refractivity contribution in [1.29, 1.82) is 0 Å². The molecule has 0 radical (unpaired) electrons. The molecule has 0 unspecified atom stereocenters. The van der Waals surface area contributed by atoms with Crippen molar-refractivity contribution in [3.8, 4) is 11.4 Å². The van der Waals surface area contributed by atoms with Gasteiger partial charge in [-0.15, -0.1) is 0 Å². The first kappa shape index (κ1) is 13.8. The van der Waals surface area contributed by atoms with Crippen molar-refractivity contribution in [3.63, 3.8) is 0 Å². The van der Waals surface area contributed by atoms with E-state index in [1.165, 1.54) is 11.1 Å². The summed E-state index contributed by atoms with van der Waals surface area (Å²) in [5.74, 6) is 0.550. The molecule has 0 aliphatic carbocycles. The van der Waals surface area contributed by atoms with Gasteiger partial charge in [0.05, 0.1) is 4.47 Å².